The van der Waals surface area contributed by atoms with E-state index in [1.165, 1.54) is 5.56 Å². The maximum absolute atomic E-state index is 11.3. The van der Waals surface area contributed by atoms with E-state index in [1.807, 2.05) is 37.3 Å². The number of rotatable bonds is 8. The van der Waals surface area contributed by atoms with E-state index < -0.39 is 5.60 Å². The Bertz CT molecular complexity index is 629. The van der Waals surface area contributed by atoms with E-state index in [0.29, 0.717) is 6.42 Å². The first-order valence-electron chi connectivity index (χ1n) is 8.59. The average Bonchev–Trinajstić information content (AvgIpc) is 2.61. The zero-order valence-electron chi connectivity index (χ0n) is 15.2. The fourth-order valence-corrected chi connectivity index (χ4v) is 3.31. The summed E-state index contributed by atoms with van der Waals surface area (Å²) in [7, 11) is 3.76. The van der Waals surface area contributed by atoms with Crippen LogP contribution in [0.2, 0.25) is 0 Å². The van der Waals surface area contributed by atoms with Gasteiger partial charge in [0, 0.05) is 19.0 Å². The highest BCUT2D eigenvalue weighted by Gasteiger charge is 2.34. The molecule has 0 aromatic heterocycles. The zero-order valence-corrected chi connectivity index (χ0v) is 15.2. The molecule has 0 bridgehead atoms. The van der Waals surface area contributed by atoms with Crippen molar-refractivity contribution in [3.63, 3.8) is 0 Å². The molecule has 0 radical (unpaired) electrons. The first kappa shape index (κ1) is 18.5. The summed E-state index contributed by atoms with van der Waals surface area (Å²) in [4.78, 5) is 2.26. The van der Waals surface area contributed by atoms with E-state index in [9.17, 15) is 5.11 Å². The largest absolute Gasteiger partial charge is 0.497 e. The molecule has 0 fully saturated rings. The summed E-state index contributed by atoms with van der Waals surface area (Å²) in [5.41, 5.74) is 1.35. The van der Waals surface area contributed by atoms with Crippen LogP contribution in [-0.4, -0.2) is 30.7 Å². The molecule has 2 aromatic carbocycles. The lowest BCUT2D eigenvalue weighted by Crippen LogP contribution is -2.39. The second-order valence-electron chi connectivity index (χ2n) is 6.59. The Morgan fingerprint density at radius 1 is 1.12 bits per heavy atom. The summed E-state index contributed by atoms with van der Waals surface area (Å²) < 4.78 is 5.31. The van der Waals surface area contributed by atoms with Crippen molar-refractivity contribution in [2.75, 3.05) is 20.7 Å². The summed E-state index contributed by atoms with van der Waals surface area (Å²) in [6.45, 7) is 5.84. The fourth-order valence-electron chi connectivity index (χ4n) is 3.31. The molecule has 0 heterocycles. The third-order valence-corrected chi connectivity index (χ3v) is 4.80. The summed E-state index contributed by atoms with van der Waals surface area (Å²) in [5, 5.41) is 11.3. The molecule has 0 spiro atoms. The lowest BCUT2D eigenvalue weighted by Gasteiger charge is -2.36. The van der Waals surface area contributed by atoms with Crippen LogP contribution in [0.3, 0.4) is 0 Å². The van der Waals surface area contributed by atoms with E-state index in [4.69, 9.17) is 4.74 Å². The molecule has 0 amide bonds. The lowest BCUT2D eigenvalue weighted by atomic mass is 9.80. The first-order valence-corrected chi connectivity index (χ1v) is 8.59. The summed E-state index contributed by atoms with van der Waals surface area (Å²) >= 11 is 0. The monoisotopic (exact) mass is 327 g/mol. The Balaban J connectivity index is 2.10. The fraction of sp³-hybridized carbons (Fsp3) is 0.429. The van der Waals surface area contributed by atoms with E-state index in [2.05, 4.69) is 43.1 Å². The van der Waals surface area contributed by atoms with Crippen molar-refractivity contribution >= 4 is 0 Å². The van der Waals surface area contributed by atoms with Gasteiger partial charge in [-0.15, -0.1) is 0 Å². The third-order valence-electron chi connectivity index (χ3n) is 4.80. The molecule has 0 saturated carbocycles. The Hall–Kier alpha value is -1.84. The topological polar surface area (TPSA) is 32.7 Å². The molecule has 0 aliphatic rings. The van der Waals surface area contributed by atoms with E-state index >= 15 is 0 Å². The molecule has 3 heteroatoms. The van der Waals surface area contributed by atoms with Crippen LogP contribution in [0.1, 0.15) is 31.4 Å². The number of hydrogen-bond acceptors (Lipinski definition) is 3. The van der Waals surface area contributed by atoms with Crippen molar-refractivity contribution in [3.8, 4) is 5.75 Å². The minimum Gasteiger partial charge on any atom is -0.497 e. The number of aliphatic hydroxyl groups is 1. The van der Waals surface area contributed by atoms with E-state index in [1.54, 1.807) is 7.11 Å². The second-order valence-corrected chi connectivity index (χ2v) is 6.59. The normalized spacial score (nSPS) is 15.1. The SMILES string of the molecule is CCC(O)(c1cccc(OC)c1)[C@@H](C)CN(C)Cc1ccccc1. The molecular formula is C21H29NO2. The van der Waals surface area contributed by atoms with Gasteiger partial charge in [-0.05, 0) is 36.7 Å². The minimum absolute atomic E-state index is 0.100. The second kappa shape index (κ2) is 8.32. The van der Waals surface area contributed by atoms with Gasteiger partial charge in [-0.2, -0.15) is 0 Å². The molecule has 0 aliphatic heterocycles. The molecule has 0 aliphatic carbocycles. The predicted octanol–water partition coefficient (Wildman–Crippen LogP) is 4.06. The van der Waals surface area contributed by atoms with E-state index in [0.717, 1.165) is 24.4 Å². The summed E-state index contributed by atoms with van der Waals surface area (Å²) in [6.07, 6.45) is 0.667. The Morgan fingerprint density at radius 2 is 1.83 bits per heavy atom. The smallest absolute Gasteiger partial charge is 0.119 e. The van der Waals surface area contributed by atoms with Crippen LogP contribution in [0.4, 0.5) is 0 Å². The Labute approximate surface area is 145 Å². The van der Waals surface area contributed by atoms with Crippen molar-refractivity contribution < 1.29 is 9.84 Å². The zero-order chi connectivity index (χ0) is 17.6. The number of ether oxygens (including phenoxy) is 1. The van der Waals surface area contributed by atoms with Crippen LogP contribution >= 0.6 is 0 Å². The van der Waals surface area contributed by atoms with Gasteiger partial charge in [-0.3, -0.25) is 0 Å². The van der Waals surface area contributed by atoms with Gasteiger partial charge in [-0.25, -0.2) is 0 Å². The number of benzene rings is 2. The third kappa shape index (κ3) is 4.37. The highest BCUT2D eigenvalue weighted by molar-refractivity contribution is 5.32. The van der Waals surface area contributed by atoms with E-state index in [-0.39, 0.29) is 5.92 Å². The van der Waals surface area contributed by atoms with Crippen molar-refractivity contribution in [2.45, 2.75) is 32.4 Å². The molecule has 2 atom stereocenters. The molecule has 2 aromatic rings. The molecule has 0 saturated heterocycles. The number of nitrogens with zero attached hydrogens (tertiary/aromatic N) is 1. The molecule has 130 valence electrons. The van der Waals surface area contributed by atoms with Crippen LogP contribution in [0, 0.1) is 5.92 Å². The molecular weight excluding hydrogens is 298 g/mol. The van der Waals surface area contributed by atoms with Crippen LogP contribution < -0.4 is 4.74 Å². The minimum atomic E-state index is -0.862. The van der Waals surface area contributed by atoms with Gasteiger partial charge >= 0.3 is 0 Å². The average molecular weight is 327 g/mol. The highest BCUT2D eigenvalue weighted by atomic mass is 16.5. The summed E-state index contributed by atoms with van der Waals surface area (Å²) in [6, 6.07) is 18.2. The van der Waals surface area contributed by atoms with Crippen molar-refractivity contribution in [2.24, 2.45) is 5.92 Å². The van der Waals surface area contributed by atoms with Gasteiger partial charge < -0.3 is 14.7 Å². The quantitative estimate of drug-likeness (QED) is 0.793. The van der Waals surface area contributed by atoms with Crippen molar-refractivity contribution in [1.29, 1.82) is 0 Å². The maximum Gasteiger partial charge on any atom is 0.119 e. The van der Waals surface area contributed by atoms with Gasteiger partial charge in [-0.1, -0.05) is 56.3 Å². The Morgan fingerprint density at radius 3 is 2.46 bits per heavy atom. The van der Waals surface area contributed by atoms with Gasteiger partial charge in [0.25, 0.3) is 0 Å². The van der Waals surface area contributed by atoms with Crippen molar-refractivity contribution in [1.82, 2.24) is 4.90 Å². The lowest BCUT2D eigenvalue weighted by molar-refractivity contribution is -0.0320. The highest BCUT2D eigenvalue weighted by Crippen LogP contribution is 2.35. The van der Waals surface area contributed by atoms with Crippen LogP contribution in [-0.2, 0) is 12.1 Å². The number of methoxy groups -OCH3 is 1. The molecule has 3 nitrogen and oxygen atoms in total. The predicted molar refractivity (Wildman–Crippen MR) is 99.1 cm³/mol. The summed E-state index contributed by atoms with van der Waals surface area (Å²) in [5.74, 6) is 0.882. The molecule has 2 rings (SSSR count). The van der Waals surface area contributed by atoms with Gasteiger partial charge in [0.15, 0.2) is 0 Å². The first-order chi connectivity index (χ1) is 11.5. The van der Waals surface area contributed by atoms with Crippen molar-refractivity contribution in [3.05, 3.63) is 65.7 Å². The van der Waals surface area contributed by atoms with Crippen LogP contribution in [0.25, 0.3) is 0 Å². The maximum atomic E-state index is 11.3. The Kier molecular flexibility index (Phi) is 6.41. The van der Waals surface area contributed by atoms with Crippen LogP contribution in [0.5, 0.6) is 5.75 Å². The van der Waals surface area contributed by atoms with Gasteiger partial charge in [0.2, 0.25) is 0 Å². The van der Waals surface area contributed by atoms with Gasteiger partial charge in [0.1, 0.15) is 5.75 Å². The molecule has 1 N–H and O–H groups in total. The molecule has 1 unspecified atom stereocenters. The standard InChI is InChI=1S/C21H29NO2/c1-5-21(23,19-12-9-13-20(14-19)24-4)17(2)15-22(3)16-18-10-7-6-8-11-18/h6-14,17,23H,5,15-16H2,1-4H3/t17-,21?/m0/s1. The van der Waals surface area contributed by atoms with Crippen LogP contribution in [0.15, 0.2) is 54.6 Å². The van der Waals surface area contributed by atoms with Gasteiger partial charge in [0.05, 0.1) is 12.7 Å². The molecule has 24 heavy (non-hydrogen) atoms. The number of hydrogen-bond donors (Lipinski definition) is 1.